The molecule has 0 aromatic heterocycles. The van der Waals surface area contributed by atoms with Crippen LogP contribution >= 0.6 is 0 Å². The molecule has 1 atom stereocenters. The van der Waals surface area contributed by atoms with Crippen molar-refractivity contribution in [2.75, 3.05) is 13.2 Å². The Morgan fingerprint density at radius 1 is 1.27 bits per heavy atom. The summed E-state index contributed by atoms with van der Waals surface area (Å²) >= 11 is 0. The summed E-state index contributed by atoms with van der Waals surface area (Å²) in [5.74, 6) is 0. The zero-order valence-corrected chi connectivity index (χ0v) is 7.68. The molecule has 0 aliphatic heterocycles. The molecule has 0 saturated heterocycles. The molecule has 2 nitrogen and oxygen atoms in total. The van der Waals surface area contributed by atoms with Crippen LogP contribution in [0, 0.1) is 0 Å². The van der Waals surface area contributed by atoms with E-state index in [-0.39, 0.29) is 6.10 Å². The van der Waals surface area contributed by atoms with E-state index in [1.54, 1.807) is 0 Å². The van der Waals surface area contributed by atoms with Gasteiger partial charge in [0.25, 0.3) is 0 Å². The Kier molecular flexibility index (Phi) is 7.96. The minimum atomic E-state index is -0.267. The predicted molar refractivity (Wildman–Crippen MR) is 46.6 cm³/mol. The minimum Gasteiger partial charge on any atom is -0.391 e. The van der Waals surface area contributed by atoms with Crippen molar-refractivity contribution in [3.63, 3.8) is 0 Å². The number of aliphatic hydroxyl groups is 1. The first-order valence-corrected chi connectivity index (χ1v) is 4.57. The molecule has 0 spiro atoms. The van der Waals surface area contributed by atoms with E-state index < -0.39 is 0 Å². The standard InChI is InChI=1S/C9H20O2/c1-3-5-6-7-11-8-9(10)4-2/h9-10H,3-8H2,1-2H3/t9-/m0/s1. The highest BCUT2D eigenvalue weighted by atomic mass is 16.5. The van der Waals surface area contributed by atoms with E-state index in [2.05, 4.69) is 6.92 Å². The SMILES string of the molecule is CCCCCOC[C@@H](O)CC. The molecule has 0 rings (SSSR count). The summed E-state index contributed by atoms with van der Waals surface area (Å²) in [7, 11) is 0. The topological polar surface area (TPSA) is 29.5 Å². The molecule has 0 heterocycles. The molecule has 0 aromatic rings. The van der Waals surface area contributed by atoms with Crippen molar-refractivity contribution in [3.05, 3.63) is 0 Å². The summed E-state index contributed by atoms with van der Waals surface area (Å²) in [6.07, 6.45) is 4.08. The van der Waals surface area contributed by atoms with Crippen LogP contribution in [0.15, 0.2) is 0 Å². The van der Waals surface area contributed by atoms with Crippen molar-refractivity contribution in [3.8, 4) is 0 Å². The molecule has 68 valence electrons. The molecule has 0 aliphatic carbocycles. The van der Waals surface area contributed by atoms with Crippen LogP contribution in [0.4, 0.5) is 0 Å². The summed E-state index contributed by atoms with van der Waals surface area (Å²) in [5, 5.41) is 9.09. The second-order valence-corrected chi connectivity index (χ2v) is 2.84. The van der Waals surface area contributed by atoms with Gasteiger partial charge < -0.3 is 9.84 Å². The van der Waals surface area contributed by atoms with Gasteiger partial charge >= 0.3 is 0 Å². The maximum Gasteiger partial charge on any atom is 0.0771 e. The van der Waals surface area contributed by atoms with Crippen LogP contribution in [0.2, 0.25) is 0 Å². The average molecular weight is 160 g/mol. The van der Waals surface area contributed by atoms with Gasteiger partial charge in [0.1, 0.15) is 0 Å². The van der Waals surface area contributed by atoms with Crippen LogP contribution in [-0.2, 0) is 4.74 Å². The monoisotopic (exact) mass is 160 g/mol. The molecule has 0 bridgehead atoms. The van der Waals surface area contributed by atoms with Gasteiger partial charge in [-0.25, -0.2) is 0 Å². The third kappa shape index (κ3) is 7.82. The summed E-state index contributed by atoms with van der Waals surface area (Å²) in [6, 6.07) is 0. The Bertz CT molecular complexity index is 74.0. The smallest absolute Gasteiger partial charge is 0.0771 e. The fourth-order valence-corrected chi connectivity index (χ4v) is 0.791. The second-order valence-electron chi connectivity index (χ2n) is 2.84. The summed E-state index contributed by atoms with van der Waals surface area (Å²) < 4.78 is 5.24. The van der Waals surface area contributed by atoms with E-state index >= 15 is 0 Å². The van der Waals surface area contributed by atoms with E-state index in [4.69, 9.17) is 9.84 Å². The van der Waals surface area contributed by atoms with Crippen LogP contribution in [0.1, 0.15) is 39.5 Å². The van der Waals surface area contributed by atoms with Gasteiger partial charge in [-0.1, -0.05) is 26.7 Å². The van der Waals surface area contributed by atoms with E-state index in [9.17, 15) is 0 Å². The first kappa shape index (κ1) is 10.9. The molecular formula is C9H20O2. The molecule has 11 heavy (non-hydrogen) atoms. The van der Waals surface area contributed by atoms with Gasteiger partial charge in [0.2, 0.25) is 0 Å². The Morgan fingerprint density at radius 3 is 2.55 bits per heavy atom. The maximum atomic E-state index is 9.09. The fourth-order valence-electron chi connectivity index (χ4n) is 0.791. The minimum absolute atomic E-state index is 0.267. The molecule has 0 aromatic carbocycles. The van der Waals surface area contributed by atoms with E-state index in [0.717, 1.165) is 19.4 Å². The van der Waals surface area contributed by atoms with E-state index in [0.29, 0.717) is 6.61 Å². The number of aliphatic hydroxyl groups excluding tert-OH is 1. The lowest BCUT2D eigenvalue weighted by Crippen LogP contribution is -2.14. The molecule has 0 saturated carbocycles. The third-order valence-electron chi connectivity index (χ3n) is 1.67. The van der Waals surface area contributed by atoms with Crippen LogP contribution in [0.5, 0.6) is 0 Å². The van der Waals surface area contributed by atoms with Gasteiger partial charge in [-0.05, 0) is 12.8 Å². The first-order valence-electron chi connectivity index (χ1n) is 4.57. The highest BCUT2D eigenvalue weighted by Crippen LogP contribution is 1.96. The normalized spacial score (nSPS) is 13.4. The Hall–Kier alpha value is -0.0800. The largest absolute Gasteiger partial charge is 0.391 e. The third-order valence-corrected chi connectivity index (χ3v) is 1.67. The van der Waals surface area contributed by atoms with Gasteiger partial charge in [-0.2, -0.15) is 0 Å². The molecule has 0 amide bonds. The van der Waals surface area contributed by atoms with Crippen molar-refractivity contribution in [2.24, 2.45) is 0 Å². The molecule has 0 aliphatic rings. The zero-order chi connectivity index (χ0) is 8.53. The summed E-state index contributed by atoms with van der Waals surface area (Å²) in [6.45, 7) is 5.42. The number of hydrogen-bond donors (Lipinski definition) is 1. The number of rotatable bonds is 7. The van der Waals surface area contributed by atoms with Gasteiger partial charge in [-0.3, -0.25) is 0 Å². The fraction of sp³-hybridized carbons (Fsp3) is 1.00. The van der Waals surface area contributed by atoms with Crippen molar-refractivity contribution in [2.45, 2.75) is 45.6 Å². The lowest BCUT2D eigenvalue weighted by molar-refractivity contribution is 0.0336. The van der Waals surface area contributed by atoms with Gasteiger partial charge in [0.15, 0.2) is 0 Å². The van der Waals surface area contributed by atoms with Crippen LogP contribution in [0.3, 0.4) is 0 Å². The van der Waals surface area contributed by atoms with E-state index in [1.807, 2.05) is 6.92 Å². The maximum absolute atomic E-state index is 9.09. The van der Waals surface area contributed by atoms with Crippen LogP contribution in [0.25, 0.3) is 0 Å². The lowest BCUT2D eigenvalue weighted by atomic mass is 10.2. The van der Waals surface area contributed by atoms with Gasteiger partial charge in [-0.15, -0.1) is 0 Å². The first-order chi connectivity index (χ1) is 5.31. The van der Waals surface area contributed by atoms with Gasteiger partial charge in [0.05, 0.1) is 12.7 Å². The van der Waals surface area contributed by atoms with Crippen LogP contribution in [-0.4, -0.2) is 24.4 Å². The number of hydrogen-bond acceptors (Lipinski definition) is 2. The average Bonchev–Trinajstić information content (AvgIpc) is 2.04. The summed E-state index contributed by atoms with van der Waals surface area (Å²) in [5.41, 5.74) is 0. The molecule has 1 N–H and O–H groups in total. The Morgan fingerprint density at radius 2 is 2.00 bits per heavy atom. The van der Waals surface area contributed by atoms with Crippen molar-refractivity contribution < 1.29 is 9.84 Å². The molecular weight excluding hydrogens is 140 g/mol. The van der Waals surface area contributed by atoms with E-state index in [1.165, 1.54) is 12.8 Å². The molecule has 2 heteroatoms. The van der Waals surface area contributed by atoms with Crippen molar-refractivity contribution >= 4 is 0 Å². The lowest BCUT2D eigenvalue weighted by Gasteiger charge is -2.07. The van der Waals surface area contributed by atoms with Crippen LogP contribution < -0.4 is 0 Å². The highest BCUT2D eigenvalue weighted by Gasteiger charge is 1.98. The highest BCUT2D eigenvalue weighted by molar-refractivity contribution is 4.48. The predicted octanol–water partition coefficient (Wildman–Crippen LogP) is 1.96. The van der Waals surface area contributed by atoms with Gasteiger partial charge in [0, 0.05) is 6.61 Å². The second kappa shape index (κ2) is 8.02. The Labute approximate surface area is 69.6 Å². The summed E-state index contributed by atoms with van der Waals surface area (Å²) in [4.78, 5) is 0. The number of ether oxygens (including phenoxy) is 1. The van der Waals surface area contributed by atoms with Crippen molar-refractivity contribution in [1.82, 2.24) is 0 Å². The molecule has 0 radical (unpaired) electrons. The zero-order valence-electron chi connectivity index (χ0n) is 7.68. The number of unbranched alkanes of at least 4 members (excludes halogenated alkanes) is 2. The van der Waals surface area contributed by atoms with Crippen molar-refractivity contribution in [1.29, 1.82) is 0 Å². The Balaban J connectivity index is 2.89. The quantitative estimate of drug-likeness (QED) is 0.577. The molecule has 0 unspecified atom stereocenters. The molecule has 0 fully saturated rings.